The third-order valence-electron chi connectivity index (χ3n) is 5.08. The Balaban J connectivity index is 1.62. The lowest BCUT2D eigenvalue weighted by Crippen LogP contribution is -2.56. The molecule has 22 heavy (non-hydrogen) atoms. The van der Waals surface area contributed by atoms with Gasteiger partial charge in [0.2, 0.25) is 5.91 Å². The molecule has 0 aliphatic carbocycles. The maximum atomic E-state index is 12.6. The summed E-state index contributed by atoms with van der Waals surface area (Å²) in [7, 11) is 0. The van der Waals surface area contributed by atoms with Crippen LogP contribution in [0.25, 0.3) is 0 Å². The average molecular weight is 302 g/mol. The molecule has 0 bridgehead atoms. The molecule has 1 aromatic carbocycles. The van der Waals surface area contributed by atoms with Gasteiger partial charge in [-0.2, -0.15) is 0 Å². The van der Waals surface area contributed by atoms with Gasteiger partial charge >= 0.3 is 0 Å². The molecule has 3 rings (SSSR count). The smallest absolute Gasteiger partial charge is 0.225 e. The fourth-order valence-electron chi connectivity index (χ4n) is 3.69. The van der Waals surface area contributed by atoms with Gasteiger partial charge in [0.05, 0.1) is 12.0 Å². The van der Waals surface area contributed by atoms with Crippen molar-refractivity contribution < 1.29 is 9.90 Å². The maximum Gasteiger partial charge on any atom is 0.225 e. The topological polar surface area (TPSA) is 43.8 Å². The van der Waals surface area contributed by atoms with Crippen LogP contribution in [0.2, 0.25) is 0 Å². The Bertz CT molecular complexity index is 515. The molecular formula is C18H26N2O2. The summed E-state index contributed by atoms with van der Waals surface area (Å²) in [6.07, 6.45) is 3.90. The molecule has 2 aliphatic heterocycles. The first-order valence-electron chi connectivity index (χ1n) is 8.36. The zero-order valence-corrected chi connectivity index (χ0v) is 13.4. The summed E-state index contributed by atoms with van der Waals surface area (Å²) in [5.41, 5.74) is -0.290. The second-order valence-electron chi connectivity index (χ2n) is 6.84. The second-order valence-corrected chi connectivity index (χ2v) is 6.84. The van der Waals surface area contributed by atoms with E-state index in [0.29, 0.717) is 6.04 Å². The predicted octanol–water partition coefficient (Wildman–Crippen LogP) is 1.98. The molecule has 2 heterocycles. The third-order valence-corrected chi connectivity index (χ3v) is 5.08. The Morgan fingerprint density at radius 3 is 2.77 bits per heavy atom. The van der Waals surface area contributed by atoms with Crippen molar-refractivity contribution in [2.24, 2.45) is 0 Å². The lowest BCUT2D eigenvalue weighted by Gasteiger charge is -2.44. The van der Waals surface area contributed by atoms with Gasteiger partial charge in [-0.05, 0) is 31.9 Å². The molecule has 0 radical (unpaired) electrons. The number of piperazine rings is 1. The molecule has 0 spiro atoms. The largest absolute Gasteiger partial charge is 0.385 e. The van der Waals surface area contributed by atoms with E-state index in [1.165, 1.54) is 25.8 Å². The first kappa shape index (κ1) is 15.5. The second kappa shape index (κ2) is 6.39. The van der Waals surface area contributed by atoms with Crippen LogP contribution in [0.1, 0.15) is 38.2 Å². The van der Waals surface area contributed by atoms with Crippen molar-refractivity contribution in [2.75, 3.05) is 26.2 Å². The van der Waals surface area contributed by atoms with Crippen LogP contribution in [-0.4, -0.2) is 53.0 Å². The van der Waals surface area contributed by atoms with Gasteiger partial charge in [-0.15, -0.1) is 0 Å². The van der Waals surface area contributed by atoms with Crippen molar-refractivity contribution in [3.8, 4) is 0 Å². The normalized spacial score (nSPS) is 25.4. The van der Waals surface area contributed by atoms with E-state index in [4.69, 9.17) is 0 Å². The Morgan fingerprint density at radius 1 is 1.23 bits per heavy atom. The van der Waals surface area contributed by atoms with E-state index in [1.807, 2.05) is 35.2 Å². The Labute approximate surface area is 132 Å². The lowest BCUT2D eigenvalue weighted by atomic mass is 9.91. The van der Waals surface area contributed by atoms with E-state index < -0.39 is 5.60 Å². The fourth-order valence-corrected chi connectivity index (χ4v) is 3.69. The number of piperidine rings is 1. The lowest BCUT2D eigenvalue weighted by molar-refractivity contribution is -0.139. The van der Waals surface area contributed by atoms with Crippen LogP contribution in [0.3, 0.4) is 0 Å². The number of hydrogen-bond acceptors (Lipinski definition) is 3. The highest BCUT2D eigenvalue weighted by molar-refractivity contribution is 5.77. The highest BCUT2D eigenvalue weighted by atomic mass is 16.3. The number of fused-ring (bicyclic) bond motifs is 1. The van der Waals surface area contributed by atoms with E-state index in [0.717, 1.165) is 25.2 Å². The van der Waals surface area contributed by atoms with Gasteiger partial charge in [0.15, 0.2) is 0 Å². The number of aliphatic hydroxyl groups is 1. The van der Waals surface area contributed by atoms with Gasteiger partial charge < -0.3 is 10.0 Å². The summed E-state index contributed by atoms with van der Waals surface area (Å²) in [6, 6.07) is 10.0. The number of amides is 1. The predicted molar refractivity (Wildman–Crippen MR) is 86.4 cm³/mol. The van der Waals surface area contributed by atoms with Crippen LogP contribution in [0.5, 0.6) is 0 Å². The monoisotopic (exact) mass is 302 g/mol. The van der Waals surface area contributed by atoms with E-state index >= 15 is 0 Å². The number of carbonyl (C=O) groups excluding carboxylic acids is 1. The van der Waals surface area contributed by atoms with Crippen molar-refractivity contribution >= 4 is 5.91 Å². The summed E-state index contributed by atoms with van der Waals surface area (Å²) in [5, 5.41) is 10.7. The van der Waals surface area contributed by atoms with Crippen LogP contribution >= 0.6 is 0 Å². The zero-order valence-electron chi connectivity index (χ0n) is 13.4. The third kappa shape index (κ3) is 3.33. The van der Waals surface area contributed by atoms with Crippen LogP contribution in [0.15, 0.2) is 30.3 Å². The first-order valence-corrected chi connectivity index (χ1v) is 8.36. The standard InChI is InChI=1S/C18H26N2O2/c1-18(22,15-7-3-2-4-8-15)13-17(21)20-12-11-19-10-6-5-9-16(19)14-20/h2-4,7-8,16,22H,5-6,9-14H2,1H3. The molecule has 120 valence electrons. The van der Waals surface area contributed by atoms with Crippen LogP contribution < -0.4 is 0 Å². The Kier molecular flexibility index (Phi) is 4.50. The minimum absolute atomic E-state index is 0.0686. The minimum Gasteiger partial charge on any atom is -0.385 e. The summed E-state index contributed by atoms with van der Waals surface area (Å²) in [5.74, 6) is 0.0686. The highest BCUT2D eigenvalue weighted by Gasteiger charge is 2.34. The molecule has 2 aliphatic rings. The maximum absolute atomic E-state index is 12.6. The minimum atomic E-state index is -1.10. The van der Waals surface area contributed by atoms with Crippen LogP contribution in [0.4, 0.5) is 0 Å². The molecule has 2 unspecified atom stereocenters. The molecular weight excluding hydrogens is 276 g/mol. The molecule has 1 N–H and O–H groups in total. The summed E-state index contributed by atoms with van der Waals surface area (Å²) in [4.78, 5) is 17.1. The number of benzene rings is 1. The summed E-state index contributed by atoms with van der Waals surface area (Å²) >= 11 is 0. The van der Waals surface area contributed by atoms with Gasteiger partial charge in [-0.3, -0.25) is 9.69 Å². The van der Waals surface area contributed by atoms with Gasteiger partial charge in [0.1, 0.15) is 0 Å². The number of carbonyl (C=O) groups is 1. The molecule has 2 fully saturated rings. The first-order chi connectivity index (χ1) is 10.6. The van der Waals surface area contributed by atoms with E-state index in [2.05, 4.69) is 4.90 Å². The molecule has 4 nitrogen and oxygen atoms in total. The SMILES string of the molecule is CC(O)(CC(=O)N1CCN2CCCCC2C1)c1ccccc1. The Morgan fingerprint density at radius 2 is 2.00 bits per heavy atom. The van der Waals surface area contributed by atoms with Gasteiger partial charge in [-0.25, -0.2) is 0 Å². The van der Waals surface area contributed by atoms with Crippen molar-refractivity contribution in [1.82, 2.24) is 9.80 Å². The molecule has 2 saturated heterocycles. The average Bonchev–Trinajstić information content (AvgIpc) is 2.55. The number of hydrogen-bond donors (Lipinski definition) is 1. The molecule has 4 heteroatoms. The van der Waals surface area contributed by atoms with Gasteiger partial charge in [0, 0.05) is 25.7 Å². The number of nitrogens with zero attached hydrogens (tertiary/aromatic N) is 2. The number of rotatable bonds is 3. The summed E-state index contributed by atoms with van der Waals surface area (Å²) in [6.45, 7) is 5.50. The fraction of sp³-hybridized carbons (Fsp3) is 0.611. The van der Waals surface area contributed by atoms with E-state index in [9.17, 15) is 9.90 Å². The van der Waals surface area contributed by atoms with E-state index in [-0.39, 0.29) is 12.3 Å². The Hall–Kier alpha value is -1.39. The molecule has 1 amide bonds. The van der Waals surface area contributed by atoms with Crippen LogP contribution in [0, 0.1) is 0 Å². The molecule has 0 aromatic heterocycles. The molecule has 0 saturated carbocycles. The van der Waals surface area contributed by atoms with Crippen LogP contribution in [-0.2, 0) is 10.4 Å². The molecule has 2 atom stereocenters. The summed E-state index contributed by atoms with van der Waals surface area (Å²) < 4.78 is 0. The van der Waals surface area contributed by atoms with Crippen molar-refractivity contribution in [3.63, 3.8) is 0 Å². The van der Waals surface area contributed by atoms with Crippen molar-refractivity contribution in [1.29, 1.82) is 0 Å². The van der Waals surface area contributed by atoms with Crippen molar-refractivity contribution in [3.05, 3.63) is 35.9 Å². The van der Waals surface area contributed by atoms with E-state index in [1.54, 1.807) is 6.92 Å². The molecule has 1 aromatic rings. The zero-order chi connectivity index (χ0) is 15.6. The highest BCUT2D eigenvalue weighted by Crippen LogP contribution is 2.27. The quantitative estimate of drug-likeness (QED) is 0.928. The van der Waals surface area contributed by atoms with Gasteiger partial charge in [-0.1, -0.05) is 36.8 Å². The van der Waals surface area contributed by atoms with Gasteiger partial charge in [0.25, 0.3) is 0 Å². The van der Waals surface area contributed by atoms with Crippen molar-refractivity contribution in [2.45, 2.75) is 44.2 Å².